The van der Waals surface area contributed by atoms with Crippen molar-refractivity contribution >= 4 is 0 Å². The van der Waals surface area contributed by atoms with E-state index in [1.165, 1.54) is 5.56 Å². The smallest absolute Gasteiger partial charge is 0.115 e. The van der Waals surface area contributed by atoms with Crippen molar-refractivity contribution in [3.63, 3.8) is 0 Å². The fourth-order valence-electron chi connectivity index (χ4n) is 2.71. The molecule has 0 saturated carbocycles. The third kappa shape index (κ3) is 2.05. The third-order valence-corrected chi connectivity index (χ3v) is 3.82. The molecule has 0 amide bonds. The molecule has 1 aliphatic carbocycles. The van der Waals surface area contributed by atoms with Gasteiger partial charge in [0.15, 0.2) is 0 Å². The first-order valence-electron chi connectivity index (χ1n) is 6.16. The first kappa shape index (κ1) is 12.4. The summed E-state index contributed by atoms with van der Waals surface area (Å²) in [5.74, 6) is 0.305. The molecule has 0 radical (unpaired) electrons. The minimum Gasteiger partial charge on any atom is -0.508 e. The van der Waals surface area contributed by atoms with Gasteiger partial charge >= 0.3 is 0 Å². The number of fused-ring (bicyclic) bond motifs is 1. The van der Waals surface area contributed by atoms with E-state index in [1.807, 2.05) is 19.1 Å². The van der Waals surface area contributed by atoms with Crippen LogP contribution in [-0.4, -0.2) is 23.9 Å². The van der Waals surface area contributed by atoms with Crippen molar-refractivity contribution < 1.29 is 9.84 Å². The molecule has 0 heterocycles. The van der Waals surface area contributed by atoms with Crippen molar-refractivity contribution in [1.29, 1.82) is 0 Å². The number of phenols is 1. The van der Waals surface area contributed by atoms with Crippen LogP contribution in [0, 0.1) is 0 Å². The summed E-state index contributed by atoms with van der Waals surface area (Å²) >= 11 is 0. The van der Waals surface area contributed by atoms with Crippen LogP contribution in [0.4, 0.5) is 0 Å². The van der Waals surface area contributed by atoms with E-state index in [1.54, 1.807) is 6.07 Å². The predicted octanol–water partition coefficient (Wildman–Crippen LogP) is 1.96. The Kier molecular flexibility index (Phi) is 3.15. The number of aromatic hydroxyl groups is 1. The number of hydrogen-bond donors (Lipinski definition) is 2. The summed E-state index contributed by atoms with van der Waals surface area (Å²) in [6, 6.07) is 5.49. The summed E-state index contributed by atoms with van der Waals surface area (Å²) in [5.41, 5.74) is 8.50. The average Bonchev–Trinajstić information content (AvgIpc) is 2.28. The first-order valence-corrected chi connectivity index (χ1v) is 6.16. The van der Waals surface area contributed by atoms with Gasteiger partial charge in [-0.3, -0.25) is 0 Å². The number of hydrogen-bond acceptors (Lipinski definition) is 3. The van der Waals surface area contributed by atoms with Gasteiger partial charge in [-0.1, -0.05) is 19.9 Å². The van der Waals surface area contributed by atoms with Gasteiger partial charge in [-0.15, -0.1) is 0 Å². The van der Waals surface area contributed by atoms with E-state index in [0.717, 1.165) is 12.0 Å². The van der Waals surface area contributed by atoms with Crippen LogP contribution in [0.25, 0.3) is 0 Å². The highest BCUT2D eigenvalue weighted by Crippen LogP contribution is 2.38. The van der Waals surface area contributed by atoms with Crippen molar-refractivity contribution in [2.45, 2.75) is 44.8 Å². The summed E-state index contributed by atoms with van der Waals surface area (Å²) < 4.78 is 5.73. The highest BCUT2D eigenvalue weighted by atomic mass is 16.5. The van der Waals surface area contributed by atoms with Crippen LogP contribution in [-0.2, 0) is 16.6 Å². The van der Waals surface area contributed by atoms with Crippen LogP contribution in [0.1, 0.15) is 31.9 Å². The number of nitrogens with two attached hydrogens (primary N) is 1. The molecule has 0 aromatic heterocycles. The zero-order chi connectivity index (χ0) is 12.6. The molecule has 0 spiro atoms. The molecule has 0 unspecified atom stereocenters. The summed E-state index contributed by atoms with van der Waals surface area (Å²) in [4.78, 5) is 0. The molecule has 94 valence electrons. The Morgan fingerprint density at radius 1 is 1.47 bits per heavy atom. The van der Waals surface area contributed by atoms with E-state index in [4.69, 9.17) is 10.5 Å². The van der Waals surface area contributed by atoms with Crippen LogP contribution < -0.4 is 5.73 Å². The van der Waals surface area contributed by atoms with Crippen LogP contribution in [0.15, 0.2) is 18.2 Å². The van der Waals surface area contributed by atoms with Gasteiger partial charge in [-0.25, -0.2) is 0 Å². The Bertz CT molecular complexity index is 415. The summed E-state index contributed by atoms with van der Waals surface area (Å²) in [7, 11) is 0. The molecule has 1 aromatic carbocycles. The van der Waals surface area contributed by atoms with Crippen molar-refractivity contribution in [2.24, 2.45) is 5.73 Å². The lowest BCUT2D eigenvalue weighted by atomic mass is 9.68. The molecule has 2 atom stereocenters. The van der Waals surface area contributed by atoms with Crippen molar-refractivity contribution in [3.8, 4) is 5.75 Å². The first-order chi connectivity index (χ1) is 7.96. The number of benzene rings is 1. The van der Waals surface area contributed by atoms with Gasteiger partial charge in [0.05, 0.1) is 6.10 Å². The maximum atomic E-state index is 9.60. The Morgan fingerprint density at radius 2 is 2.18 bits per heavy atom. The van der Waals surface area contributed by atoms with Crippen LogP contribution in [0.2, 0.25) is 0 Å². The molecule has 0 aliphatic heterocycles. The number of ether oxygens (including phenoxy) is 1. The molecule has 0 fully saturated rings. The van der Waals surface area contributed by atoms with E-state index >= 15 is 0 Å². The second-order valence-electron chi connectivity index (χ2n) is 5.29. The van der Waals surface area contributed by atoms with Crippen molar-refractivity contribution in [1.82, 2.24) is 0 Å². The van der Waals surface area contributed by atoms with Crippen molar-refractivity contribution in [2.75, 3.05) is 6.61 Å². The summed E-state index contributed by atoms with van der Waals surface area (Å²) in [6.45, 7) is 6.90. The third-order valence-electron chi connectivity index (χ3n) is 3.82. The lowest BCUT2D eigenvalue weighted by molar-refractivity contribution is 0.0201. The monoisotopic (exact) mass is 235 g/mol. The maximum absolute atomic E-state index is 9.60. The highest BCUT2D eigenvalue weighted by molar-refractivity contribution is 5.43. The second kappa shape index (κ2) is 4.31. The molecule has 3 N–H and O–H groups in total. The number of rotatable bonds is 2. The molecule has 17 heavy (non-hydrogen) atoms. The molecule has 0 saturated heterocycles. The second-order valence-corrected chi connectivity index (χ2v) is 5.29. The lowest BCUT2D eigenvalue weighted by Gasteiger charge is -2.43. The molecular formula is C14H21NO2. The SMILES string of the molecule is CCO[C@H]1Cc2ccc(O)cc2C(C)(C)[C@@H]1N. The highest BCUT2D eigenvalue weighted by Gasteiger charge is 2.40. The van der Waals surface area contributed by atoms with Gasteiger partial charge in [0.1, 0.15) is 5.75 Å². The summed E-state index contributed by atoms with van der Waals surface area (Å²) in [6.07, 6.45) is 0.890. The van der Waals surface area contributed by atoms with Gasteiger partial charge < -0.3 is 15.6 Å². The molecule has 1 aromatic rings. The number of phenolic OH excluding ortho intramolecular Hbond substituents is 1. The zero-order valence-corrected chi connectivity index (χ0v) is 10.7. The average molecular weight is 235 g/mol. The van der Waals surface area contributed by atoms with Gasteiger partial charge in [0.2, 0.25) is 0 Å². The minimum atomic E-state index is -0.174. The van der Waals surface area contributed by atoms with Gasteiger partial charge in [0.25, 0.3) is 0 Å². The topological polar surface area (TPSA) is 55.5 Å². The van der Waals surface area contributed by atoms with Crippen molar-refractivity contribution in [3.05, 3.63) is 29.3 Å². The molecule has 3 nitrogen and oxygen atoms in total. The Balaban J connectivity index is 2.44. The summed E-state index contributed by atoms with van der Waals surface area (Å²) in [5, 5.41) is 9.60. The van der Waals surface area contributed by atoms with Gasteiger partial charge in [-0.05, 0) is 30.2 Å². The fraction of sp³-hybridized carbons (Fsp3) is 0.571. The van der Waals surface area contributed by atoms with E-state index in [2.05, 4.69) is 13.8 Å². The molecule has 0 bridgehead atoms. The Hall–Kier alpha value is -1.06. The largest absolute Gasteiger partial charge is 0.508 e. The molecular weight excluding hydrogens is 214 g/mol. The molecule has 3 heteroatoms. The van der Waals surface area contributed by atoms with Gasteiger partial charge in [0, 0.05) is 24.5 Å². The van der Waals surface area contributed by atoms with E-state index < -0.39 is 0 Å². The maximum Gasteiger partial charge on any atom is 0.115 e. The van der Waals surface area contributed by atoms with Crippen LogP contribution in [0.5, 0.6) is 5.75 Å². The minimum absolute atomic E-state index is 0.0447. The fourth-order valence-corrected chi connectivity index (χ4v) is 2.71. The standard InChI is InChI=1S/C14H21NO2/c1-4-17-12-7-9-5-6-10(16)8-11(9)14(2,3)13(12)15/h5-6,8,12-13,16H,4,7,15H2,1-3H3/t12-,13+/m0/s1. The predicted molar refractivity (Wildman–Crippen MR) is 68.2 cm³/mol. The van der Waals surface area contributed by atoms with E-state index in [0.29, 0.717) is 12.4 Å². The zero-order valence-electron chi connectivity index (χ0n) is 10.7. The normalized spacial score (nSPS) is 26.6. The van der Waals surface area contributed by atoms with E-state index in [-0.39, 0.29) is 17.6 Å². The molecule has 1 aliphatic rings. The van der Waals surface area contributed by atoms with Crippen LogP contribution >= 0.6 is 0 Å². The quantitative estimate of drug-likeness (QED) is 0.824. The Morgan fingerprint density at radius 3 is 2.82 bits per heavy atom. The molecule has 2 rings (SSSR count). The van der Waals surface area contributed by atoms with Gasteiger partial charge in [-0.2, -0.15) is 0 Å². The Labute approximate surface area is 103 Å². The van der Waals surface area contributed by atoms with Crippen LogP contribution in [0.3, 0.4) is 0 Å². The van der Waals surface area contributed by atoms with E-state index in [9.17, 15) is 5.11 Å². The lowest BCUT2D eigenvalue weighted by Crippen LogP contribution is -2.54.